The zero-order valence-electron chi connectivity index (χ0n) is 10.9. The summed E-state index contributed by atoms with van der Waals surface area (Å²) in [6, 6.07) is 19.0. The predicted octanol–water partition coefficient (Wildman–Crippen LogP) is 3.49. The Morgan fingerprint density at radius 3 is 1.70 bits per heavy atom. The molecule has 0 atom stereocenters. The van der Waals surface area contributed by atoms with Crippen LogP contribution in [0, 0.1) is 0 Å². The second-order valence-corrected chi connectivity index (χ2v) is 6.70. The molecule has 0 saturated carbocycles. The molecule has 2 aromatic carbocycles. The maximum atomic E-state index is 11.5. The lowest BCUT2D eigenvalue weighted by Gasteiger charge is -2.13. The number of hydrogen-bond acceptors (Lipinski definition) is 2. The number of rotatable bonds is 4. The van der Waals surface area contributed by atoms with Crippen molar-refractivity contribution in [2.45, 2.75) is 0 Å². The summed E-state index contributed by atoms with van der Waals surface area (Å²) in [5.74, 6) is 0. The van der Waals surface area contributed by atoms with Crippen molar-refractivity contribution in [1.29, 1.82) is 0 Å². The molecule has 0 fully saturated rings. The highest BCUT2D eigenvalue weighted by Crippen LogP contribution is 2.25. The van der Waals surface area contributed by atoms with Crippen molar-refractivity contribution < 1.29 is 8.42 Å². The molecule has 2 rings (SSSR count). The summed E-state index contributed by atoms with van der Waals surface area (Å²) in [5, 5.41) is 0. The van der Waals surface area contributed by atoms with Gasteiger partial charge in [-0.05, 0) is 11.1 Å². The van der Waals surface area contributed by atoms with E-state index in [2.05, 4.69) is 0 Å². The summed E-state index contributed by atoms with van der Waals surface area (Å²) >= 11 is 5.82. The van der Waals surface area contributed by atoms with Gasteiger partial charge < -0.3 is 0 Å². The van der Waals surface area contributed by atoms with E-state index in [-0.39, 0.29) is 0 Å². The van der Waals surface area contributed by atoms with Crippen LogP contribution in [0.4, 0.5) is 0 Å². The molecule has 20 heavy (non-hydrogen) atoms. The molecular formula is C15H14ClNO2S. The minimum Gasteiger partial charge on any atom is -0.206 e. The smallest absolute Gasteiger partial charge is 0.206 e. The molecule has 0 saturated heterocycles. The Labute approximate surface area is 124 Å². The maximum absolute atomic E-state index is 11.5. The van der Waals surface area contributed by atoms with Gasteiger partial charge in [0.15, 0.2) is 0 Å². The van der Waals surface area contributed by atoms with E-state index in [0.29, 0.717) is 3.82 Å². The quantitative estimate of drug-likeness (QED) is 0.811. The van der Waals surface area contributed by atoms with Gasteiger partial charge in [-0.2, -0.15) is 3.82 Å². The number of nitrogens with zero attached hydrogens (tertiary/aromatic N) is 1. The van der Waals surface area contributed by atoms with E-state index >= 15 is 0 Å². The van der Waals surface area contributed by atoms with Crippen molar-refractivity contribution in [3.8, 4) is 0 Å². The molecule has 0 aliphatic carbocycles. The summed E-state index contributed by atoms with van der Waals surface area (Å²) in [6.45, 7) is 0. The monoisotopic (exact) mass is 307 g/mol. The van der Waals surface area contributed by atoms with Crippen LogP contribution in [0.1, 0.15) is 11.1 Å². The van der Waals surface area contributed by atoms with Crippen LogP contribution < -0.4 is 0 Å². The van der Waals surface area contributed by atoms with E-state index in [9.17, 15) is 8.42 Å². The summed E-state index contributed by atoms with van der Waals surface area (Å²) in [4.78, 5) is 0. The molecule has 3 nitrogen and oxygen atoms in total. The molecule has 0 aliphatic rings. The minimum absolute atomic E-state index is 0.711. The van der Waals surface area contributed by atoms with E-state index in [0.717, 1.165) is 23.0 Å². The van der Waals surface area contributed by atoms with Gasteiger partial charge in [0.05, 0.1) is 6.26 Å². The van der Waals surface area contributed by atoms with Crippen LogP contribution >= 0.6 is 11.8 Å². The van der Waals surface area contributed by atoms with E-state index in [1.807, 2.05) is 60.7 Å². The van der Waals surface area contributed by atoms with Crippen LogP contribution in [0.15, 0.2) is 66.9 Å². The Morgan fingerprint density at radius 1 is 0.950 bits per heavy atom. The summed E-state index contributed by atoms with van der Waals surface area (Å²) in [5.41, 5.74) is 2.53. The SMILES string of the molecule is CS(=O)(=O)N(Cl)C=C(c1ccccc1)c1ccccc1. The molecule has 0 aliphatic heterocycles. The third kappa shape index (κ3) is 3.62. The van der Waals surface area contributed by atoms with Gasteiger partial charge in [0.2, 0.25) is 10.0 Å². The highest BCUT2D eigenvalue weighted by molar-refractivity contribution is 7.89. The molecular weight excluding hydrogens is 294 g/mol. The van der Waals surface area contributed by atoms with Crippen LogP contribution in [-0.2, 0) is 10.0 Å². The van der Waals surface area contributed by atoms with E-state index in [1.165, 1.54) is 6.20 Å². The van der Waals surface area contributed by atoms with Gasteiger partial charge in [0.1, 0.15) is 0 Å². The van der Waals surface area contributed by atoms with Crippen molar-refractivity contribution in [3.63, 3.8) is 0 Å². The number of benzene rings is 2. The lowest BCUT2D eigenvalue weighted by molar-refractivity contribution is 0.576. The summed E-state index contributed by atoms with van der Waals surface area (Å²) in [6.07, 6.45) is 2.48. The van der Waals surface area contributed by atoms with Gasteiger partial charge in [-0.3, -0.25) is 0 Å². The predicted molar refractivity (Wildman–Crippen MR) is 82.5 cm³/mol. The van der Waals surface area contributed by atoms with Crippen LogP contribution in [0.3, 0.4) is 0 Å². The number of halogens is 1. The summed E-state index contributed by atoms with van der Waals surface area (Å²) < 4.78 is 23.7. The molecule has 0 bridgehead atoms. The standard InChI is InChI=1S/C15H14ClNO2S/c1-20(18,19)17(16)12-15(13-8-4-2-5-9-13)14-10-6-3-7-11-14/h2-12H,1H3. The molecule has 0 radical (unpaired) electrons. The molecule has 104 valence electrons. The Hall–Kier alpha value is -1.78. The van der Waals surface area contributed by atoms with Crippen molar-refractivity contribution in [2.75, 3.05) is 6.26 Å². The molecule has 5 heteroatoms. The first-order valence-electron chi connectivity index (χ1n) is 5.96. The Bertz CT molecular complexity index is 656. The number of hydrogen-bond donors (Lipinski definition) is 0. The Morgan fingerprint density at radius 2 is 1.35 bits per heavy atom. The molecule has 0 amide bonds. The van der Waals surface area contributed by atoms with Crippen LogP contribution in [0.2, 0.25) is 0 Å². The second kappa shape index (κ2) is 6.11. The largest absolute Gasteiger partial charge is 0.245 e. The fraction of sp³-hybridized carbons (Fsp3) is 0.0667. The second-order valence-electron chi connectivity index (χ2n) is 4.28. The Balaban J connectivity index is 2.54. The van der Waals surface area contributed by atoms with Crippen molar-refractivity contribution >= 4 is 27.4 Å². The highest BCUT2D eigenvalue weighted by atomic mass is 35.5. The Kier molecular flexibility index (Phi) is 4.47. The highest BCUT2D eigenvalue weighted by Gasteiger charge is 2.13. The normalized spacial score (nSPS) is 10.9. The van der Waals surface area contributed by atoms with E-state index in [4.69, 9.17) is 11.8 Å². The zero-order chi connectivity index (χ0) is 14.6. The van der Waals surface area contributed by atoms with E-state index in [1.54, 1.807) is 0 Å². The van der Waals surface area contributed by atoms with Crippen LogP contribution in [0.25, 0.3) is 5.57 Å². The summed E-state index contributed by atoms with van der Waals surface area (Å²) in [7, 11) is -3.49. The van der Waals surface area contributed by atoms with Gasteiger partial charge in [-0.25, -0.2) is 8.42 Å². The maximum Gasteiger partial charge on any atom is 0.245 e. The van der Waals surface area contributed by atoms with Gasteiger partial charge in [-0.15, -0.1) is 0 Å². The topological polar surface area (TPSA) is 37.4 Å². The average Bonchev–Trinajstić information content (AvgIpc) is 2.45. The van der Waals surface area contributed by atoms with Crippen molar-refractivity contribution in [3.05, 3.63) is 78.0 Å². The lowest BCUT2D eigenvalue weighted by Crippen LogP contribution is -2.14. The van der Waals surface area contributed by atoms with E-state index < -0.39 is 10.0 Å². The molecule has 0 aromatic heterocycles. The van der Waals surface area contributed by atoms with Gasteiger partial charge in [-0.1, -0.05) is 60.7 Å². The first-order valence-corrected chi connectivity index (χ1v) is 8.15. The third-order valence-corrected chi connectivity index (χ3v) is 4.31. The lowest BCUT2D eigenvalue weighted by atomic mass is 9.99. The van der Waals surface area contributed by atoms with Gasteiger partial charge in [0, 0.05) is 23.5 Å². The molecule has 0 N–H and O–H groups in total. The van der Waals surface area contributed by atoms with Gasteiger partial charge >= 0.3 is 0 Å². The van der Waals surface area contributed by atoms with Crippen LogP contribution in [0.5, 0.6) is 0 Å². The van der Waals surface area contributed by atoms with Crippen molar-refractivity contribution in [2.24, 2.45) is 0 Å². The van der Waals surface area contributed by atoms with Gasteiger partial charge in [0.25, 0.3) is 0 Å². The van der Waals surface area contributed by atoms with Crippen LogP contribution in [-0.4, -0.2) is 18.5 Å². The molecule has 0 heterocycles. The molecule has 0 unspecified atom stereocenters. The molecule has 2 aromatic rings. The zero-order valence-corrected chi connectivity index (χ0v) is 12.5. The first-order chi connectivity index (χ1) is 9.48. The fourth-order valence-electron chi connectivity index (χ4n) is 1.75. The average molecular weight is 308 g/mol. The fourth-order valence-corrected chi connectivity index (χ4v) is 2.14. The minimum atomic E-state index is -3.49. The molecule has 0 spiro atoms. The third-order valence-electron chi connectivity index (χ3n) is 2.72. The first kappa shape index (κ1) is 14.6. The number of sulfonamides is 1. The van der Waals surface area contributed by atoms with Crippen molar-refractivity contribution in [1.82, 2.24) is 3.82 Å².